The number of nitrogens with one attached hydrogen (secondary N) is 1. The molecule has 0 spiro atoms. The van der Waals surface area contributed by atoms with Gasteiger partial charge in [0, 0.05) is 0 Å². The van der Waals surface area contributed by atoms with Crippen LogP contribution < -0.4 is 10.5 Å². The summed E-state index contributed by atoms with van der Waals surface area (Å²) in [6.07, 6.45) is 8.59. The van der Waals surface area contributed by atoms with Crippen molar-refractivity contribution in [3.05, 3.63) is 67.8 Å². The summed E-state index contributed by atoms with van der Waals surface area (Å²) >= 11 is 0. The molecule has 1 aliphatic rings. The second kappa shape index (κ2) is 6.70. The monoisotopic (exact) mass is 344 g/mol. The summed E-state index contributed by atoms with van der Waals surface area (Å²) in [5, 5.41) is 15.7. The minimum atomic E-state index is -3.79. The van der Waals surface area contributed by atoms with E-state index in [-0.39, 0.29) is 17.3 Å². The van der Waals surface area contributed by atoms with E-state index in [1.165, 1.54) is 16.8 Å². The minimum absolute atomic E-state index is 0.0124. The van der Waals surface area contributed by atoms with E-state index >= 15 is 0 Å². The third-order valence-corrected chi connectivity index (χ3v) is 4.22. The van der Waals surface area contributed by atoms with Crippen LogP contribution in [0.3, 0.4) is 0 Å². The van der Waals surface area contributed by atoms with Crippen LogP contribution in [0.25, 0.3) is 5.69 Å². The number of nitrogens with zero attached hydrogens (tertiary/aromatic N) is 3. The number of amides is 1. The van der Waals surface area contributed by atoms with Crippen LogP contribution in [0.4, 0.5) is 0 Å². The molecular weight excluding hydrogens is 330 g/mol. The molecule has 8 nitrogen and oxygen atoms in total. The van der Waals surface area contributed by atoms with E-state index in [0.29, 0.717) is 17.3 Å². The average Bonchev–Trinajstić information content (AvgIpc) is 3.23. The van der Waals surface area contributed by atoms with Crippen molar-refractivity contribution in [2.45, 2.75) is 11.4 Å². The van der Waals surface area contributed by atoms with Gasteiger partial charge < -0.3 is 5.32 Å². The zero-order chi connectivity index (χ0) is 17.2. The number of hydrogen-bond donors (Lipinski definition) is 2. The summed E-state index contributed by atoms with van der Waals surface area (Å²) in [7, 11) is -3.79. The van der Waals surface area contributed by atoms with Crippen LogP contribution in [0.2, 0.25) is 0 Å². The molecule has 0 bridgehead atoms. The van der Waals surface area contributed by atoms with Crippen LogP contribution in [0, 0.1) is 31.6 Å². The largest absolute Gasteiger partial charge is 0.350 e. The number of nitrogens with two attached hydrogens (primary N) is 1. The van der Waals surface area contributed by atoms with Crippen molar-refractivity contribution in [2.75, 3.05) is 0 Å². The van der Waals surface area contributed by atoms with Crippen molar-refractivity contribution in [1.82, 2.24) is 20.3 Å². The zero-order valence-electron chi connectivity index (χ0n) is 12.5. The number of primary sulfonamides is 1. The Morgan fingerprint density at radius 1 is 1.25 bits per heavy atom. The number of carbonyl (C=O) groups excluding carboxylic acids is 1. The van der Waals surface area contributed by atoms with E-state index in [0.717, 1.165) is 0 Å². The van der Waals surface area contributed by atoms with E-state index in [2.05, 4.69) is 15.6 Å². The molecule has 1 saturated carbocycles. The van der Waals surface area contributed by atoms with Gasteiger partial charge >= 0.3 is 0 Å². The summed E-state index contributed by atoms with van der Waals surface area (Å²) in [6, 6.07) is 6.04. The molecule has 2 aromatic rings. The molecule has 1 aliphatic carbocycles. The molecule has 0 saturated heterocycles. The summed E-state index contributed by atoms with van der Waals surface area (Å²) in [6.45, 7) is 0.207. The van der Waals surface area contributed by atoms with Gasteiger partial charge in [0.15, 0.2) is 0 Å². The normalized spacial score (nSPS) is 15.5. The molecule has 1 amide bonds. The van der Waals surface area contributed by atoms with Crippen LogP contribution in [0.5, 0.6) is 0 Å². The first-order chi connectivity index (χ1) is 11.4. The molecule has 1 aromatic carbocycles. The Balaban J connectivity index is 1.68. The molecule has 123 valence electrons. The van der Waals surface area contributed by atoms with E-state index in [1.807, 2.05) is 0 Å². The van der Waals surface area contributed by atoms with Crippen molar-refractivity contribution in [1.29, 1.82) is 0 Å². The standard InChI is InChI=1S/C15H14N5O3S/c16-24(22,23)14-7-3-6-13(8-14)20-10-12(18-19-20)9-17-15(21)11-4-1-2-5-11/h1-8,10H,9H2,(H,17,21)(H2,16,22,23). The topological polar surface area (TPSA) is 120 Å². The number of aromatic nitrogens is 3. The molecule has 1 fully saturated rings. The van der Waals surface area contributed by atoms with Crippen LogP contribution in [0.1, 0.15) is 5.69 Å². The quantitative estimate of drug-likeness (QED) is 0.787. The van der Waals surface area contributed by atoms with Gasteiger partial charge in [-0.15, -0.1) is 5.10 Å². The molecule has 0 unspecified atom stereocenters. The summed E-state index contributed by atoms with van der Waals surface area (Å²) < 4.78 is 24.2. The highest BCUT2D eigenvalue weighted by Gasteiger charge is 2.24. The molecule has 9 heteroatoms. The Morgan fingerprint density at radius 2 is 2.00 bits per heavy atom. The maximum absolute atomic E-state index is 11.9. The molecule has 24 heavy (non-hydrogen) atoms. The lowest BCUT2D eigenvalue weighted by molar-refractivity contribution is -0.118. The fourth-order valence-electron chi connectivity index (χ4n) is 2.11. The first-order valence-corrected chi connectivity index (χ1v) is 8.52. The fraction of sp³-hybridized carbons (Fsp3) is 0.0667. The predicted octanol–water partition coefficient (Wildman–Crippen LogP) is -0.0638. The van der Waals surface area contributed by atoms with Gasteiger partial charge in [-0.05, 0) is 43.9 Å². The molecule has 5 radical (unpaired) electrons. The van der Waals surface area contributed by atoms with Crippen LogP contribution in [-0.2, 0) is 21.4 Å². The van der Waals surface area contributed by atoms with Crippen molar-refractivity contribution < 1.29 is 13.2 Å². The molecule has 1 aromatic heterocycles. The molecule has 0 aliphatic heterocycles. The number of rotatable bonds is 5. The van der Waals surface area contributed by atoms with Gasteiger partial charge in [-0.2, -0.15) is 0 Å². The van der Waals surface area contributed by atoms with E-state index in [9.17, 15) is 13.2 Å². The Bertz CT molecular complexity index is 840. The smallest absolute Gasteiger partial charge is 0.238 e. The number of carbonyl (C=O) groups is 1. The molecule has 1 heterocycles. The van der Waals surface area contributed by atoms with Gasteiger partial charge in [-0.1, -0.05) is 11.3 Å². The highest BCUT2D eigenvalue weighted by molar-refractivity contribution is 7.89. The average molecular weight is 344 g/mol. The van der Waals surface area contributed by atoms with E-state index < -0.39 is 10.0 Å². The Hall–Kier alpha value is -2.26. The lowest BCUT2D eigenvalue weighted by atomic mass is 10.1. The second-order valence-electron chi connectivity index (χ2n) is 5.05. The minimum Gasteiger partial charge on any atom is -0.350 e. The number of benzene rings is 1. The number of sulfonamides is 1. The third-order valence-electron chi connectivity index (χ3n) is 3.31. The number of hydrogen-bond acceptors (Lipinski definition) is 5. The molecule has 0 atom stereocenters. The van der Waals surface area contributed by atoms with E-state index in [1.54, 1.807) is 44.0 Å². The first kappa shape index (κ1) is 16.6. The molecule has 3 rings (SSSR count). The highest BCUT2D eigenvalue weighted by atomic mass is 32.2. The second-order valence-corrected chi connectivity index (χ2v) is 6.61. The first-order valence-electron chi connectivity index (χ1n) is 6.98. The molecular formula is C15H14N5O3S. The lowest BCUT2D eigenvalue weighted by Gasteiger charge is -2.07. The lowest BCUT2D eigenvalue weighted by Crippen LogP contribution is -2.28. The van der Waals surface area contributed by atoms with Gasteiger partial charge in [0.05, 0.1) is 29.2 Å². The van der Waals surface area contributed by atoms with Gasteiger partial charge in [0.25, 0.3) is 0 Å². The van der Waals surface area contributed by atoms with Crippen LogP contribution in [-0.4, -0.2) is 29.3 Å². The summed E-state index contributed by atoms with van der Waals surface area (Å²) in [5.74, 6) is 0.369. The van der Waals surface area contributed by atoms with Gasteiger partial charge in [-0.25, -0.2) is 18.2 Å². The zero-order valence-corrected chi connectivity index (χ0v) is 13.3. The van der Waals surface area contributed by atoms with Crippen LogP contribution >= 0.6 is 0 Å². The fourth-order valence-corrected chi connectivity index (χ4v) is 2.66. The SMILES string of the molecule is NS(=O)(=O)c1cccc(-n2cc(CNC(=O)[C]3[CH][CH][CH][CH]3)nn2)c1. The van der Waals surface area contributed by atoms with Crippen LogP contribution in [0.15, 0.2) is 35.4 Å². The van der Waals surface area contributed by atoms with Gasteiger partial charge in [-0.3, -0.25) is 4.79 Å². The summed E-state index contributed by atoms with van der Waals surface area (Å²) in [5.41, 5.74) is 1.04. The molecule has 3 N–H and O–H groups in total. The van der Waals surface area contributed by atoms with Crippen molar-refractivity contribution in [3.63, 3.8) is 0 Å². The van der Waals surface area contributed by atoms with Crippen molar-refractivity contribution in [3.8, 4) is 5.69 Å². The maximum atomic E-state index is 11.9. The summed E-state index contributed by atoms with van der Waals surface area (Å²) in [4.78, 5) is 11.9. The van der Waals surface area contributed by atoms with Gasteiger partial charge in [0.2, 0.25) is 15.9 Å². The maximum Gasteiger partial charge on any atom is 0.238 e. The van der Waals surface area contributed by atoms with Gasteiger partial charge in [0.1, 0.15) is 5.69 Å². The predicted molar refractivity (Wildman–Crippen MR) is 85.0 cm³/mol. The van der Waals surface area contributed by atoms with E-state index in [4.69, 9.17) is 5.14 Å². The Labute approximate surface area is 140 Å². The Morgan fingerprint density at radius 3 is 2.71 bits per heavy atom. The Kier molecular flexibility index (Phi) is 4.63. The van der Waals surface area contributed by atoms with Crippen molar-refractivity contribution in [2.24, 2.45) is 5.14 Å². The van der Waals surface area contributed by atoms with Crippen molar-refractivity contribution >= 4 is 15.9 Å². The highest BCUT2D eigenvalue weighted by Crippen LogP contribution is 2.22. The third kappa shape index (κ3) is 3.80.